The van der Waals surface area contributed by atoms with Crippen molar-refractivity contribution in [3.63, 3.8) is 0 Å². The standard InChI is InChI=1S/C20H27N3O5S/c1-14-19(15(2)28-21-14)29(25,26)23-11-7-9-17(13-23)20(24)22(3)12-16-8-5-6-10-18(16)27-4/h5-6,8,10,17H,7,9,11-13H2,1-4H3. The van der Waals surface area contributed by atoms with Crippen LogP contribution in [0.2, 0.25) is 0 Å². The molecular formula is C20H27N3O5S. The summed E-state index contributed by atoms with van der Waals surface area (Å²) in [6, 6.07) is 7.54. The van der Waals surface area contributed by atoms with E-state index >= 15 is 0 Å². The van der Waals surface area contributed by atoms with E-state index in [2.05, 4.69) is 5.16 Å². The molecule has 2 heterocycles. The van der Waals surface area contributed by atoms with Crippen LogP contribution in [0, 0.1) is 19.8 Å². The van der Waals surface area contributed by atoms with Gasteiger partial charge in [0.2, 0.25) is 15.9 Å². The van der Waals surface area contributed by atoms with Crippen LogP contribution in [0.4, 0.5) is 0 Å². The fourth-order valence-electron chi connectivity index (χ4n) is 3.81. The van der Waals surface area contributed by atoms with E-state index in [1.807, 2.05) is 24.3 Å². The highest BCUT2D eigenvalue weighted by molar-refractivity contribution is 7.89. The van der Waals surface area contributed by atoms with Crippen LogP contribution in [0.3, 0.4) is 0 Å². The molecule has 1 fully saturated rings. The van der Waals surface area contributed by atoms with Gasteiger partial charge in [-0.25, -0.2) is 8.42 Å². The van der Waals surface area contributed by atoms with Crippen LogP contribution in [-0.2, 0) is 21.4 Å². The summed E-state index contributed by atoms with van der Waals surface area (Å²) in [6.07, 6.45) is 1.28. The number of nitrogens with zero attached hydrogens (tertiary/aromatic N) is 3. The Morgan fingerprint density at radius 2 is 2.07 bits per heavy atom. The molecule has 1 aromatic heterocycles. The van der Waals surface area contributed by atoms with E-state index < -0.39 is 15.9 Å². The van der Waals surface area contributed by atoms with Gasteiger partial charge in [0.25, 0.3) is 0 Å². The fraction of sp³-hybridized carbons (Fsp3) is 0.500. The molecule has 0 saturated carbocycles. The van der Waals surface area contributed by atoms with E-state index in [9.17, 15) is 13.2 Å². The van der Waals surface area contributed by atoms with Crippen molar-refractivity contribution in [1.82, 2.24) is 14.4 Å². The minimum atomic E-state index is -3.76. The summed E-state index contributed by atoms with van der Waals surface area (Å²) >= 11 is 0. The summed E-state index contributed by atoms with van der Waals surface area (Å²) in [4.78, 5) is 14.8. The monoisotopic (exact) mass is 421 g/mol. The molecule has 1 aliphatic rings. The second kappa shape index (κ2) is 8.54. The average molecular weight is 422 g/mol. The van der Waals surface area contributed by atoms with Gasteiger partial charge in [-0.2, -0.15) is 4.31 Å². The second-order valence-electron chi connectivity index (χ2n) is 7.36. The lowest BCUT2D eigenvalue weighted by atomic mass is 9.98. The number of hydrogen-bond donors (Lipinski definition) is 0. The topological polar surface area (TPSA) is 93.0 Å². The lowest BCUT2D eigenvalue weighted by Crippen LogP contribution is -2.45. The Morgan fingerprint density at radius 3 is 2.72 bits per heavy atom. The van der Waals surface area contributed by atoms with Crippen molar-refractivity contribution < 1.29 is 22.5 Å². The Kier molecular flexibility index (Phi) is 6.28. The first-order valence-corrected chi connectivity index (χ1v) is 11.0. The van der Waals surface area contributed by atoms with Crippen molar-refractivity contribution in [2.75, 3.05) is 27.2 Å². The molecular weight excluding hydrogens is 394 g/mol. The predicted molar refractivity (Wildman–Crippen MR) is 107 cm³/mol. The molecule has 0 spiro atoms. The van der Waals surface area contributed by atoms with Gasteiger partial charge in [0.1, 0.15) is 16.3 Å². The van der Waals surface area contributed by atoms with Gasteiger partial charge in [-0.05, 0) is 32.8 Å². The van der Waals surface area contributed by atoms with Crippen LogP contribution >= 0.6 is 0 Å². The summed E-state index contributed by atoms with van der Waals surface area (Å²) in [5.74, 6) is 0.524. The number of para-hydroxylation sites is 1. The summed E-state index contributed by atoms with van der Waals surface area (Å²) in [5, 5.41) is 3.75. The molecule has 1 aliphatic heterocycles. The van der Waals surface area contributed by atoms with Gasteiger partial charge in [-0.3, -0.25) is 4.79 Å². The number of rotatable bonds is 6. The highest BCUT2D eigenvalue weighted by Crippen LogP contribution is 2.29. The number of hydrogen-bond acceptors (Lipinski definition) is 6. The van der Waals surface area contributed by atoms with E-state index in [-0.39, 0.29) is 23.1 Å². The highest BCUT2D eigenvalue weighted by Gasteiger charge is 2.37. The van der Waals surface area contributed by atoms with Gasteiger partial charge in [-0.1, -0.05) is 23.4 Å². The number of carbonyl (C=O) groups is 1. The largest absolute Gasteiger partial charge is 0.496 e. The van der Waals surface area contributed by atoms with Crippen molar-refractivity contribution in [3.05, 3.63) is 41.3 Å². The minimum Gasteiger partial charge on any atom is -0.496 e. The normalized spacial score (nSPS) is 17.9. The molecule has 1 atom stereocenters. The number of piperidine rings is 1. The molecule has 1 amide bonds. The number of sulfonamides is 1. The summed E-state index contributed by atoms with van der Waals surface area (Å²) < 4.78 is 37.9. The Bertz CT molecular complexity index is 966. The molecule has 2 aromatic rings. The number of amides is 1. The third kappa shape index (κ3) is 4.30. The van der Waals surface area contributed by atoms with Crippen LogP contribution in [0.5, 0.6) is 5.75 Å². The Labute approximate surface area is 171 Å². The molecule has 1 saturated heterocycles. The average Bonchev–Trinajstić information content (AvgIpc) is 3.06. The molecule has 8 nitrogen and oxygen atoms in total. The quantitative estimate of drug-likeness (QED) is 0.711. The van der Waals surface area contributed by atoms with Crippen molar-refractivity contribution in [2.45, 2.75) is 38.1 Å². The van der Waals surface area contributed by atoms with Crippen molar-refractivity contribution in [2.24, 2.45) is 5.92 Å². The number of aryl methyl sites for hydroxylation is 2. The van der Waals surface area contributed by atoms with Gasteiger partial charge in [-0.15, -0.1) is 0 Å². The van der Waals surface area contributed by atoms with Gasteiger partial charge in [0.15, 0.2) is 5.76 Å². The second-order valence-corrected chi connectivity index (χ2v) is 9.24. The first-order chi connectivity index (χ1) is 13.8. The van der Waals surface area contributed by atoms with Crippen molar-refractivity contribution >= 4 is 15.9 Å². The highest BCUT2D eigenvalue weighted by atomic mass is 32.2. The molecule has 0 aliphatic carbocycles. The summed E-state index contributed by atoms with van der Waals surface area (Å²) in [7, 11) is -0.426. The zero-order chi connectivity index (χ0) is 21.2. The van der Waals surface area contributed by atoms with Crippen LogP contribution < -0.4 is 4.74 Å². The molecule has 0 radical (unpaired) electrons. The van der Waals surface area contributed by atoms with Crippen LogP contribution in [-0.4, -0.2) is 55.9 Å². The Hall–Kier alpha value is -2.39. The summed E-state index contributed by atoms with van der Waals surface area (Å²) in [6.45, 7) is 4.13. The molecule has 3 rings (SSSR count). The molecule has 0 N–H and O–H groups in total. The zero-order valence-electron chi connectivity index (χ0n) is 17.2. The molecule has 9 heteroatoms. The number of carbonyl (C=O) groups excluding carboxylic acids is 1. The fourth-order valence-corrected chi connectivity index (χ4v) is 5.63. The maximum Gasteiger partial charge on any atom is 0.248 e. The lowest BCUT2D eigenvalue weighted by molar-refractivity contribution is -0.135. The Balaban J connectivity index is 1.74. The number of ether oxygens (including phenoxy) is 1. The van der Waals surface area contributed by atoms with Gasteiger partial charge in [0, 0.05) is 32.2 Å². The predicted octanol–water partition coefficient (Wildman–Crippen LogP) is 2.36. The maximum atomic E-state index is 13.1. The van der Waals surface area contributed by atoms with E-state index in [0.717, 1.165) is 11.3 Å². The molecule has 0 bridgehead atoms. The lowest BCUT2D eigenvalue weighted by Gasteiger charge is -2.33. The zero-order valence-corrected chi connectivity index (χ0v) is 18.0. The first-order valence-electron chi connectivity index (χ1n) is 9.55. The van der Waals surface area contributed by atoms with Gasteiger partial charge in [0.05, 0.1) is 13.0 Å². The van der Waals surface area contributed by atoms with Crippen LogP contribution in [0.15, 0.2) is 33.7 Å². The number of methoxy groups -OCH3 is 1. The van der Waals surface area contributed by atoms with E-state index in [0.29, 0.717) is 31.6 Å². The van der Waals surface area contributed by atoms with E-state index in [4.69, 9.17) is 9.26 Å². The minimum absolute atomic E-state index is 0.0745. The first kappa shape index (κ1) is 21.3. The van der Waals surface area contributed by atoms with Gasteiger partial charge >= 0.3 is 0 Å². The number of benzene rings is 1. The van der Waals surface area contributed by atoms with Crippen LogP contribution in [0.25, 0.3) is 0 Å². The van der Waals surface area contributed by atoms with Crippen molar-refractivity contribution in [1.29, 1.82) is 0 Å². The van der Waals surface area contributed by atoms with E-state index in [1.165, 1.54) is 4.31 Å². The molecule has 158 valence electrons. The molecule has 29 heavy (non-hydrogen) atoms. The molecule has 1 unspecified atom stereocenters. The van der Waals surface area contributed by atoms with Crippen LogP contribution in [0.1, 0.15) is 29.9 Å². The summed E-state index contributed by atoms with van der Waals surface area (Å²) in [5.41, 5.74) is 1.24. The van der Waals surface area contributed by atoms with Crippen molar-refractivity contribution in [3.8, 4) is 5.75 Å². The van der Waals surface area contributed by atoms with E-state index in [1.54, 1.807) is 32.9 Å². The van der Waals surface area contributed by atoms with Gasteiger partial charge < -0.3 is 14.2 Å². The Morgan fingerprint density at radius 1 is 1.34 bits per heavy atom. The third-order valence-electron chi connectivity index (χ3n) is 5.28. The third-order valence-corrected chi connectivity index (χ3v) is 7.39. The smallest absolute Gasteiger partial charge is 0.248 e. The maximum absolute atomic E-state index is 13.1. The number of aromatic nitrogens is 1. The SMILES string of the molecule is COc1ccccc1CN(C)C(=O)C1CCCN(S(=O)(=O)c2c(C)noc2C)C1. The molecule has 1 aromatic carbocycles.